The van der Waals surface area contributed by atoms with E-state index in [4.69, 9.17) is 9.47 Å². The van der Waals surface area contributed by atoms with E-state index in [2.05, 4.69) is 54.2 Å². The Hall–Kier alpha value is -2.63. The van der Waals surface area contributed by atoms with E-state index in [1.54, 1.807) is 0 Å². The fourth-order valence-electron chi connectivity index (χ4n) is 5.50. The number of nitrogens with zero attached hydrogens (tertiary/aromatic N) is 1. The smallest absolute Gasteiger partial charge is 0.337 e. The molecule has 1 aromatic heterocycles. The number of aryl methyl sites for hydroxylation is 1. The molecule has 5 nitrogen and oxygen atoms in total. The molecule has 2 atom stereocenters. The molecule has 5 rings (SSSR count). The predicted molar refractivity (Wildman–Crippen MR) is 131 cm³/mol. The maximum atomic E-state index is 11.9. The summed E-state index contributed by atoms with van der Waals surface area (Å²) in [4.78, 5) is 18.0. The standard InChI is InChI=1S/C28H34N2O3/c1-4-33-22-12-14-30(26(16-22)20-7-9-21(10-8-20)28(31)32-3)17-25-23-11-13-29-27(23)18(2)15-24(25)19-5-6-19/h7-11,13,15,19,22,26,29H,4-6,12,14,16-17H2,1-3H3/t22-,26-/m0/s1. The van der Waals surface area contributed by atoms with Crippen molar-refractivity contribution in [1.29, 1.82) is 0 Å². The Bertz CT molecular complexity index is 1130. The van der Waals surface area contributed by atoms with Crippen LogP contribution in [0.2, 0.25) is 0 Å². The number of fused-ring (bicyclic) bond motifs is 1. The zero-order valence-electron chi connectivity index (χ0n) is 19.9. The highest BCUT2D eigenvalue weighted by Gasteiger charge is 2.33. The molecule has 0 spiro atoms. The first-order valence-corrected chi connectivity index (χ1v) is 12.2. The molecule has 2 aliphatic rings. The van der Waals surface area contributed by atoms with Crippen LogP contribution in [0.25, 0.3) is 10.9 Å². The summed E-state index contributed by atoms with van der Waals surface area (Å²) < 4.78 is 10.9. The molecule has 1 aliphatic carbocycles. The van der Waals surface area contributed by atoms with Crippen LogP contribution in [-0.4, -0.2) is 42.2 Å². The van der Waals surface area contributed by atoms with E-state index < -0.39 is 0 Å². The van der Waals surface area contributed by atoms with Crippen LogP contribution in [0.4, 0.5) is 0 Å². The third-order valence-corrected chi connectivity index (χ3v) is 7.35. The molecule has 3 aromatic rings. The van der Waals surface area contributed by atoms with Crippen LogP contribution in [0, 0.1) is 6.92 Å². The first-order valence-electron chi connectivity index (χ1n) is 12.2. The average Bonchev–Trinajstić information content (AvgIpc) is 3.56. The van der Waals surface area contributed by atoms with Crippen LogP contribution in [0.1, 0.15) is 77.2 Å². The number of methoxy groups -OCH3 is 1. The molecule has 1 saturated heterocycles. The molecule has 2 fully saturated rings. The number of carbonyl (C=O) groups excluding carboxylic acids is 1. The largest absolute Gasteiger partial charge is 0.465 e. The summed E-state index contributed by atoms with van der Waals surface area (Å²) in [5.41, 5.74) is 7.44. The number of nitrogens with one attached hydrogen (secondary N) is 1. The molecule has 5 heteroatoms. The van der Waals surface area contributed by atoms with Gasteiger partial charge in [0.25, 0.3) is 0 Å². The lowest BCUT2D eigenvalue weighted by atomic mass is 9.90. The Morgan fingerprint density at radius 2 is 1.94 bits per heavy atom. The molecule has 174 valence electrons. The second-order valence-corrected chi connectivity index (χ2v) is 9.50. The van der Waals surface area contributed by atoms with E-state index in [0.717, 1.165) is 32.5 Å². The molecule has 0 radical (unpaired) electrons. The van der Waals surface area contributed by atoms with Gasteiger partial charge in [0.05, 0.1) is 18.8 Å². The quantitative estimate of drug-likeness (QED) is 0.460. The Morgan fingerprint density at radius 1 is 1.15 bits per heavy atom. The molecule has 2 heterocycles. The van der Waals surface area contributed by atoms with Gasteiger partial charge in [0.1, 0.15) is 0 Å². The van der Waals surface area contributed by atoms with Crippen molar-refractivity contribution >= 4 is 16.9 Å². The number of aromatic amines is 1. The van der Waals surface area contributed by atoms with Crippen molar-refractivity contribution in [2.24, 2.45) is 0 Å². The first-order chi connectivity index (χ1) is 16.1. The van der Waals surface area contributed by atoms with Crippen LogP contribution >= 0.6 is 0 Å². The Labute approximate surface area is 196 Å². The summed E-state index contributed by atoms with van der Waals surface area (Å²) in [6.45, 7) is 6.96. The van der Waals surface area contributed by atoms with Gasteiger partial charge >= 0.3 is 5.97 Å². The lowest BCUT2D eigenvalue weighted by Crippen LogP contribution is -2.39. The number of hydrogen-bond acceptors (Lipinski definition) is 4. The number of ether oxygens (including phenoxy) is 2. The molecule has 1 aliphatic heterocycles. The molecule has 0 bridgehead atoms. The third-order valence-electron chi connectivity index (χ3n) is 7.35. The Kier molecular flexibility index (Phi) is 6.26. The lowest BCUT2D eigenvalue weighted by Gasteiger charge is -2.40. The summed E-state index contributed by atoms with van der Waals surface area (Å²) in [7, 11) is 1.42. The summed E-state index contributed by atoms with van der Waals surface area (Å²) in [5.74, 6) is 0.412. The maximum absolute atomic E-state index is 11.9. The highest BCUT2D eigenvalue weighted by atomic mass is 16.5. The Morgan fingerprint density at radius 3 is 2.64 bits per heavy atom. The summed E-state index contributed by atoms with van der Waals surface area (Å²) in [5, 5.41) is 1.36. The molecule has 33 heavy (non-hydrogen) atoms. The SMILES string of the molecule is CCO[C@H]1CCN(Cc2c(C3CC3)cc(C)c3[nH]ccc23)[C@H](c2ccc(C(=O)OC)cc2)C1. The molecular formula is C28H34N2O3. The Balaban J connectivity index is 1.49. The number of piperidine rings is 1. The number of likely N-dealkylation sites (tertiary alicyclic amines) is 1. The molecule has 2 aromatic carbocycles. The minimum atomic E-state index is -0.294. The fourth-order valence-corrected chi connectivity index (χ4v) is 5.50. The molecule has 0 amide bonds. The van der Waals surface area contributed by atoms with Gasteiger partial charge in [0.2, 0.25) is 0 Å². The fraction of sp³-hybridized carbons (Fsp3) is 0.464. The highest BCUT2D eigenvalue weighted by Crippen LogP contribution is 2.45. The number of benzene rings is 2. The van der Waals surface area contributed by atoms with E-state index in [1.165, 1.54) is 53.1 Å². The third kappa shape index (κ3) is 4.44. The van der Waals surface area contributed by atoms with Crippen LogP contribution in [0.15, 0.2) is 42.6 Å². The number of esters is 1. The normalized spacial score (nSPS) is 21.4. The van der Waals surface area contributed by atoms with E-state index in [0.29, 0.717) is 11.5 Å². The summed E-state index contributed by atoms with van der Waals surface area (Å²) >= 11 is 0. The lowest BCUT2D eigenvalue weighted by molar-refractivity contribution is -0.0137. The van der Waals surface area contributed by atoms with Gasteiger partial charge in [-0.2, -0.15) is 0 Å². The van der Waals surface area contributed by atoms with Crippen molar-refractivity contribution in [3.8, 4) is 0 Å². The number of aromatic nitrogens is 1. The topological polar surface area (TPSA) is 54.6 Å². The molecular weight excluding hydrogens is 412 g/mol. The molecule has 1 saturated carbocycles. The molecule has 1 N–H and O–H groups in total. The summed E-state index contributed by atoms with van der Waals surface area (Å²) in [6.07, 6.45) is 6.95. The van der Waals surface area contributed by atoms with Gasteiger partial charge in [-0.15, -0.1) is 0 Å². The van der Waals surface area contributed by atoms with E-state index in [-0.39, 0.29) is 18.1 Å². The number of carbonyl (C=O) groups is 1. The number of rotatable bonds is 7. The van der Waals surface area contributed by atoms with Crippen molar-refractivity contribution in [2.75, 3.05) is 20.3 Å². The number of H-pyrrole nitrogens is 1. The first kappa shape index (κ1) is 22.2. The zero-order chi connectivity index (χ0) is 22.9. The van der Waals surface area contributed by atoms with Gasteiger partial charge < -0.3 is 14.5 Å². The van der Waals surface area contributed by atoms with Crippen LogP contribution in [0.5, 0.6) is 0 Å². The zero-order valence-corrected chi connectivity index (χ0v) is 19.9. The van der Waals surface area contributed by atoms with Gasteiger partial charge in [-0.1, -0.05) is 18.2 Å². The number of hydrogen-bond donors (Lipinski definition) is 1. The van der Waals surface area contributed by atoms with E-state index in [9.17, 15) is 4.79 Å². The highest BCUT2D eigenvalue weighted by molar-refractivity contribution is 5.89. The van der Waals surface area contributed by atoms with Crippen LogP contribution in [0.3, 0.4) is 0 Å². The van der Waals surface area contributed by atoms with E-state index >= 15 is 0 Å². The van der Waals surface area contributed by atoms with Crippen molar-refractivity contribution < 1.29 is 14.3 Å². The van der Waals surface area contributed by atoms with Crippen molar-refractivity contribution in [1.82, 2.24) is 9.88 Å². The van der Waals surface area contributed by atoms with Crippen molar-refractivity contribution in [3.05, 3.63) is 70.4 Å². The minimum Gasteiger partial charge on any atom is -0.465 e. The second-order valence-electron chi connectivity index (χ2n) is 9.50. The maximum Gasteiger partial charge on any atom is 0.337 e. The second kappa shape index (κ2) is 9.32. The van der Waals surface area contributed by atoms with Gasteiger partial charge in [-0.05, 0) is 85.9 Å². The van der Waals surface area contributed by atoms with Gasteiger partial charge in [-0.3, -0.25) is 4.90 Å². The van der Waals surface area contributed by atoms with Gasteiger partial charge in [-0.25, -0.2) is 4.79 Å². The molecule has 0 unspecified atom stereocenters. The van der Waals surface area contributed by atoms with Crippen molar-refractivity contribution in [3.63, 3.8) is 0 Å². The predicted octanol–water partition coefficient (Wildman–Crippen LogP) is 5.88. The minimum absolute atomic E-state index is 0.254. The van der Waals surface area contributed by atoms with Crippen molar-refractivity contribution in [2.45, 2.75) is 64.1 Å². The van der Waals surface area contributed by atoms with Gasteiger partial charge in [0, 0.05) is 42.8 Å². The van der Waals surface area contributed by atoms with Crippen LogP contribution in [-0.2, 0) is 16.0 Å². The average molecular weight is 447 g/mol. The van der Waals surface area contributed by atoms with Crippen LogP contribution < -0.4 is 0 Å². The van der Waals surface area contributed by atoms with Gasteiger partial charge in [0.15, 0.2) is 0 Å². The monoisotopic (exact) mass is 446 g/mol. The van der Waals surface area contributed by atoms with E-state index in [1.807, 2.05) is 12.1 Å². The summed E-state index contributed by atoms with van der Waals surface area (Å²) in [6, 6.07) is 12.9.